The zero-order valence-corrected chi connectivity index (χ0v) is 7.10. The van der Waals surface area contributed by atoms with E-state index in [0.717, 1.165) is 5.70 Å². The van der Waals surface area contributed by atoms with Crippen LogP contribution in [0.15, 0.2) is 11.3 Å². The van der Waals surface area contributed by atoms with Gasteiger partial charge in [-0.1, -0.05) is 0 Å². The van der Waals surface area contributed by atoms with Crippen LogP contribution in [-0.4, -0.2) is 18.6 Å². The molecule has 3 nitrogen and oxygen atoms in total. The van der Waals surface area contributed by atoms with Gasteiger partial charge in [0.2, 0.25) is 0 Å². The Morgan fingerprint density at radius 3 is 2.82 bits per heavy atom. The monoisotopic (exact) mass is 155 g/mol. The van der Waals surface area contributed by atoms with Crippen molar-refractivity contribution in [3.63, 3.8) is 0 Å². The molecule has 0 radical (unpaired) electrons. The van der Waals surface area contributed by atoms with E-state index >= 15 is 0 Å². The first-order valence-electron chi connectivity index (χ1n) is 3.72. The van der Waals surface area contributed by atoms with E-state index in [2.05, 4.69) is 5.32 Å². The quantitative estimate of drug-likeness (QED) is 0.526. The summed E-state index contributed by atoms with van der Waals surface area (Å²) in [5.74, 6) is -0.209. The minimum atomic E-state index is -0.209. The van der Waals surface area contributed by atoms with Crippen LogP contribution in [0.25, 0.3) is 0 Å². The third kappa shape index (κ3) is 1.73. The van der Waals surface area contributed by atoms with E-state index in [9.17, 15) is 4.79 Å². The van der Waals surface area contributed by atoms with Crippen molar-refractivity contribution in [3.05, 3.63) is 11.3 Å². The van der Waals surface area contributed by atoms with Gasteiger partial charge in [0.15, 0.2) is 0 Å². The molecule has 0 spiro atoms. The molecule has 0 amide bonds. The second-order valence-electron chi connectivity index (χ2n) is 2.89. The number of allylic oxidation sites excluding steroid dienone is 1. The number of hydrogen-bond acceptors (Lipinski definition) is 3. The molecule has 1 N–H and O–H groups in total. The fraction of sp³-hybridized carbons (Fsp3) is 0.625. The summed E-state index contributed by atoms with van der Waals surface area (Å²) in [6.07, 6.45) is 0. The van der Waals surface area contributed by atoms with Crippen molar-refractivity contribution in [1.29, 1.82) is 0 Å². The molecule has 1 aliphatic heterocycles. The van der Waals surface area contributed by atoms with Gasteiger partial charge in [-0.3, -0.25) is 0 Å². The van der Waals surface area contributed by atoms with E-state index in [1.807, 2.05) is 13.8 Å². The Hall–Kier alpha value is -0.990. The summed E-state index contributed by atoms with van der Waals surface area (Å²) in [6, 6.07) is 0.219. The Morgan fingerprint density at radius 1 is 1.55 bits per heavy atom. The molecule has 0 bridgehead atoms. The molecular weight excluding hydrogens is 142 g/mol. The van der Waals surface area contributed by atoms with Crippen molar-refractivity contribution in [3.8, 4) is 0 Å². The predicted octanol–water partition coefficient (Wildman–Crippen LogP) is 0.815. The highest BCUT2D eigenvalue weighted by Crippen LogP contribution is 2.07. The van der Waals surface area contributed by atoms with Crippen LogP contribution >= 0.6 is 0 Å². The van der Waals surface area contributed by atoms with E-state index in [-0.39, 0.29) is 12.0 Å². The molecule has 1 aliphatic rings. The van der Waals surface area contributed by atoms with Crippen molar-refractivity contribution in [2.24, 2.45) is 0 Å². The fourth-order valence-corrected chi connectivity index (χ4v) is 0.982. The van der Waals surface area contributed by atoms with Crippen LogP contribution < -0.4 is 5.32 Å². The second-order valence-corrected chi connectivity index (χ2v) is 2.89. The first-order chi connectivity index (χ1) is 5.11. The number of hydrogen-bond donors (Lipinski definition) is 1. The zero-order chi connectivity index (χ0) is 8.43. The van der Waals surface area contributed by atoms with Gasteiger partial charge < -0.3 is 10.1 Å². The van der Waals surface area contributed by atoms with Crippen molar-refractivity contribution in [2.45, 2.75) is 26.8 Å². The van der Waals surface area contributed by atoms with Crippen LogP contribution in [0, 0.1) is 0 Å². The van der Waals surface area contributed by atoms with E-state index < -0.39 is 0 Å². The van der Waals surface area contributed by atoms with Gasteiger partial charge in [0, 0.05) is 5.70 Å². The van der Waals surface area contributed by atoms with Crippen molar-refractivity contribution < 1.29 is 9.53 Å². The molecule has 1 atom stereocenters. The Morgan fingerprint density at radius 2 is 2.18 bits per heavy atom. The van der Waals surface area contributed by atoms with E-state index in [1.165, 1.54) is 0 Å². The lowest BCUT2D eigenvalue weighted by molar-refractivity contribution is -0.139. The first kappa shape index (κ1) is 8.11. The summed E-state index contributed by atoms with van der Waals surface area (Å²) in [6.45, 7) is 6.09. The largest absolute Gasteiger partial charge is 0.460 e. The summed E-state index contributed by atoms with van der Waals surface area (Å²) in [5.41, 5.74) is 1.59. The third-order valence-corrected chi connectivity index (χ3v) is 1.80. The molecule has 0 aromatic heterocycles. The number of carbonyl (C=O) groups is 1. The SMILES string of the molecule is CC1=C(C)C(=O)OCC(C)N1. The maximum Gasteiger partial charge on any atom is 0.335 e. The Balaban J connectivity index is 2.82. The lowest BCUT2D eigenvalue weighted by Crippen LogP contribution is -2.27. The predicted molar refractivity (Wildman–Crippen MR) is 41.9 cm³/mol. The van der Waals surface area contributed by atoms with Crippen molar-refractivity contribution in [1.82, 2.24) is 5.32 Å². The molecule has 0 saturated carbocycles. The highest BCUT2D eigenvalue weighted by molar-refractivity contribution is 5.88. The number of esters is 1. The highest BCUT2D eigenvalue weighted by Gasteiger charge is 2.16. The van der Waals surface area contributed by atoms with Crippen molar-refractivity contribution in [2.75, 3.05) is 6.61 Å². The van der Waals surface area contributed by atoms with E-state index in [1.54, 1.807) is 6.92 Å². The average Bonchev–Trinajstić information content (AvgIpc) is 2.05. The third-order valence-electron chi connectivity index (χ3n) is 1.80. The normalized spacial score (nSPS) is 25.7. The fourth-order valence-electron chi connectivity index (χ4n) is 0.982. The smallest absolute Gasteiger partial charge is 0.335 e. The van der Waals surface area contributed by atoms with Gasteiger partial charge in [-0.25, -0.2) is 4.79 Å². The van der Waals surface area contributed by atoms with Crippen LogP contribution in [0.2, 0.25) is 0 Å². The lowest BCUT2D eigenvalue weighted by Gasteiger charge is -2.10. The number of nitrogens with one attached hydrogen (secondary N) is 1. The topological polar surface area (TPSA) is 38.3 Å². The van der Waals surface area contributed by atoms with Crippen molar-refractivity contribution >= 4 is 5.97 Å². The molecule has 11 heavy (non-hydrogen) atoms. The molecule has 0 aliphatic carbocycles. The van der Waals surface area contributed by atoms with Gasteiger partial charge in [-0.2, -0.15) is 0 Å². The Bertz CT molecular complexity index is 208. The first-order valence-corrected chi connectivity index (χ1v) is 3.72. The Labute approximate surface area is 66.4 Å². The second kappa shape index (κ2) is 2.95. The molecule has 1 heterocycles. The summed E-state index contributed by atoms with van der Waals surface area (Å²) >= 11 is 0. The van der Waals surface area contributed by atoms with Crippen LogP contribution in [0.3, 0.4) is 0 Å². The molecule has 0 aromatic rings. The van der Waals surface area contributed by atoms with Gasteiger partial charge in [-0.05, 0) is 20.8 Å². The summed E-state index contributed by atoms with van der Waals surface area (Å²) < 4.78 is 4.94. The van der Waals surface area contributed by atoms with Crippen LogP contribution in [0.1, 0.15) is 20.8 Å². The molecule has 0 saturated heterocycles. The summed E-state index contributed by atoms with van der Waals surface area (Å²) in [5, 5.41) is 3.16. The minimum Gasteiger partial charge on any atom is -0.460 e. The molecule has 0 fully saturated rings. The maximum absolute atomic E-state index is 11.0. The number of carbonyl (C=O) groups excluding carboxylic acids is 1. The van der Waals surface area contributed by atoms with E-state index in [4.69, 9.17) is 4.74 Å². The Kier molecular flexibility index (Phi) is 2.17. The minimum absolute atomic E-state index is 0.209. The highest BCUT2D eigenvalue weighted by atomic mass is 16.5. The summed E-state index contributed by atoms with van der Waals surface area (Å²) in [4.78, 5) is 11.0. The number of rotatable bonds is 0. The van der Waals surface area contributed by atoms with Gasteiger partial charge in [-0.15, -0.1) is 0 Å². The number of ether oxygens (including phenoxy) is 1. The zero-order valence-electron chi connectivity index (χ0n) is 7.10. The maximum atomic E-state index is 11.0. The average molecular weight is 155 g/mol. The van der Waals surface area contributed by atoms with Crippen LogP contribution in [0.5, 0.6) is 0 Å². The van der Waals surface area contributed by atoms with Gasteiger partial charge in [0.1, 0.15) is 6.61 Å². The van der Waals surface area contributed by atoms with Gasteiger partial charge in [0.05, 0.1) is 11.6 Å². The molecule has 0 aromatic carbocycles. The number of cyclic esters (lactones) is 1. The summed E-state index contributed by atoms with van der Waals surface area (Å²) in [7, 11) is 0. The van der Waals surface area contributed by atoms with Gasteiger partial charge >= 0.3 is 5.97 Å². The lowest BCUT2D eigenvalue weighted by atomic mass is 10.2. The van der Waals surface area contributed by atoms with E-state index in [0.29, 0.717) is 12.2 Å². The molecule has 3 heteroatoms. The molecule has 62 valence electrons. The molecular formula is C8H13NO2. The molecule has 1 unspecified atom stereocenters. The molecule has 1 rings (SSSR count). The van der Waals surface area contributed by atoms with Gasteiger partial charge in [0.25, 0.3) is 0 Å². The van der Waals surface area contributed by atoms with Crippen LogP contribution in [-0.2, 0) is 9.53 Å². The standard InChI is InChI=1S/C8H13NO2/c1-5-4-11-8(10)6(2)7(3)9-5/h5,9H,4H2,1-3H3. The van der Waals surface area contributed by atoms with Crippen LogP contribution in [0.4, 0.5) is 0 Å².